The minimum atomic E-state index is -0.108. The van der Waals surface area contributed by atoms with Crippen molar-refractivity contribution in [3.63, 3.8) is 0 Å². The SMILES string of the molecule is CCc1ccc(N=C2S/C(=C\c3ccc(OCC#N)c(I)c3)C(=O)N2c2ccc(CC)cc2)cc1. The summed E-state index contributed by atoms with van der Waals surface area (Å²) in [5.41, 5.74) is 4.94. The molecule has 0 radical (unpaired) electrons. The van der Waals surface area contributed by atoms with Crippen LogP contribution in [0.1, 0.15) is 30.5 Å². The highest BCUT2D eigenvalue weighted by Crippen LogP contribution is 2.38. The molecule has 0 N–H and O–H groups in total. The third-order valence-electron chi connectivity index (χ3n) is 5.52. The topological polar surface area (TPSA) is 65.7 Å². The van der Waals surface area contributed by atoms with E-state index in [1.54, 1.807) is 4.90 Å². The van der Waals surface area contributed by atoms with Crippen molar-refractivity contribution >= 4 is 62.9 Å². The number of hydrogen-bond acceptors (Lipinski definition) is 5. The van der Waals surface area contributed by atoms with Crippen LogP contribution < -0.4 is 9.64 Å². The van der Waals surface area contributed by atoms with Crippen molar-refractivity contribution in [2.45, 2.75) is 26.7 Å². The van der Waals surface area contributed by atoms with Gasteiger partial charge >= 0.3 is 0 Å². The molecule has 1 aliphatic heterocycles. The molecule has 0 atom stereocenters. The molecule has 1 saturated heterocycles. The first kappa shape index (κ1) is 25.0. The Kier molecular flexibility index (Phi) is 8.26. The maximum Gasteiger partial charge on any atom is 0.271 e. The second-order valence-corrected chi connectivity index (χ2v) is 9.99. The van der Waals surface area contributed by atoms with Crippen LogP contribution in [0.3, 0.4) is 0 Å². The summed E-state index contributed by atoms with van der Waals surface area (Å²) >= 11 is 3.54. The lowest BCUT2D eigenvalue weighted by Gasteiger charge is -2.16. The van der Waals surface area contributed by atoms with Gasteiger partial charge < -0.3 is 4.74 Å². The average Bonchev–Trinajstić information content (AvgIpc) is 3.18. The smallest absolute Gasteiger partial charge is 0.271 e. The summed E-state index contributed by atoms with van der Waals surface area (Å²) in [4.78, 5) is 20.7. The molecule has 0 aromatic heterocycles. The largest absolute Gasteiger partial charge is 0.478 e. The molecule has 176 valence electrons. The molecule has 0 saturated carbocycles. The Morgan fingerprint density at radius 2 is 1.69 bits per heavy atom. The van der Waals surface area contributed by atoms with Gasteiger partial charge in [-0.3, -0.25) is 9.69 Å². The van der Waals surface area contributed by atoms with E-state index in [1.165, 1.54) is 22.9 Å². The summed E-state index contributed by atoms with van der Waals surface area (Å²) in [6.45, 7) is 4.22. The average molecular weight is 593 g/mol. The van der Waals surface area contributed by atoms with E-state index in [9.17, 15) is 4.79 Å². The summed E-state index contributed by atoms with van der Waals surface area (Å²) in [5, 5.41) is 9.38. The summed E-state index contributed by atoms with van der Waals surface area (Å²) in [6.07, 6.45) is 3.77. The van der Waals surface area contributed by atoms with Gasteiger partial charge in [-0.15, -0.1) is 0 Å². The third-order valence-corrected chi connectivity index (χ3v) is 7.34. The number of ether oxygens (including phenoxy) is 1. The molecule has 0 unspecified atom stereocenters. The number of carbonyl (C=O) groups excluding carboxylic acids is 1. The third kappa shape index (κ3) is 5.95. The van der Waals surface area contributed by atoms with Crippen LogP contribution in [0.5, 0.6) is 5.75 Å². The van der Waals surface area contributed by atoms with Crippen molar-refractivity contribution in [3.8, 4) is 11.8 Å². The van der Waals surface area contributed by atoms with E-state index in [0.29, 0.717) is 15.8 Å². The predicted molar refractivity (Wildman–Crippen MR) is 152 cm³/mol. The van der Waals surface area contributed by atoms with E-state index in [1.807, 2.05) is 66.7 Å². The number of benzene rings is 3. The number of aryl methyl sites for hydroxylation is 2. The van der Waals surface area contributed by atoms with Gasteiger partial charge in [0.1, 0.15) is 11.8 Å². The number of nitriles is 1. The van der Waals surface area contributed by atoms with E-state index in [2.05, 4.69) is 48.6 Å². The standard InChI is InChI=1S/C28H24IN3O2S/c1-3-19-5-10-22(11-6-19)31-28-32(23-12-7-20(4-2)8-13-23)27(33)26(35-28)18-21-9-14-25(24(29)17-21)34-16-15-30/h5-14,17-18H,3-4,16H2,1-2H3/b26-18-,31-28?. The van der Waals surface area contributed by atoms with Crippen molar-refractivity contribution in [2.24, 2.45) is 4.99 Å². The fourth-order valence-corrected chi connectivity index (χ4v) is 5.26. The molecule has 3 aromatic carbocycles. The summed E-state index contributed by atoms with van der Waals surface area (Å²) < 4.78 is 6.31. The first-order chi connectivity index (χ1) is 17.0. The van der Waals surface area contributed by atoms with Gasteiger partial charge in [0.2, 0.25) is 0 Å². The lowest BCUT2D eigenvalue weighted by molar-refractivity contribution is -0.113. The highest BCUT2D eigenvalue weighted by atomic mass is 127. The highest BCUT2D eigenvalue weighted by molar-refractivity contribution is 14.1. The number of anilines is 1. The fraction of sp³-hybridized carbons (Fsp3) is 0.179. The normalized spacial score (nSPS) is 15.6. The lowest BCUT2D eigenvalue weighted by Crippen LogP contribution is -2.28. The van der Waals surface area contributed by atoms with Crippen molar-refractivity contribution in [3.05, 3.63) is 91.9 Å². The monoisotopic (exact) mass is 593 g/mol. The number of carbonyl (C=O) groups is 1. The summed E-state index contributed by atoms with van der Waals surface area (Å²) in [7, 11) is 0. The number of amidine groups is 1. The van der Waals surface area contributed by atoms with E-state index in [-0.39, 0.29) is 12.5 Å². The van der Waals surface area contributed by atoms with Crippen LogP contribution in [0.4, 0.5) is 11.4 Å². The Bertz CT molecular complexity index is 1330. The van der Waals surface area contributed by atoms with Gasteiger partial charge in [0.15, 0.2) is 11.8 Å². The molecule has 7 heteroatoms. The Morgan fingerprint density at radius 1 is 1.03 bits per heavy atom. The first-order valence-electron chi connectivity index (χ1n) is 11.3. The quantitative estimate of drug-likeness (QED) is 0.216. The van der Waals surface area contributed by atoms with Crippen LogP contribution in [0.2, 0.25) is 0 Å². The second-order valence-electron chi connectivity index (χ2n) is 7.82. The zero-order valence-electron chi connectivity index (χ0n) is 19.5. The summed E-state index contributed by atoms with van der Waals surface area (Å²) in [6, 6.07) is 23.8. The van der Waals surface area contributed by atoms with Gasteiger partial charge in [0.25, 0.3) is 5.91 Å². The molecule has 1 aliphatic rings. The van der Waals surface area contributed by atoms with Gasteiger partial charge in [-0.25, -0.2) is 4.99 Å². The highest BCUT2D eigenvalue weighted by Gasteiger charge is 2.34. The number of rotatable bonds is 7. The van der Waals surface area contributed by atoms with Crippen molar-refractivity contribution in [1.29, 1.82) is 5.26 Å². The molecule has 5 nitrogen and oxygen atoms in total. The van der Waals surface area contributed by atoms with Gasteiger partial charge in [-0.1, -0.05) is 44.2 Å². The molecule has 1 amide bonds. The zero-order chi connectivity index (χ0) is 24.8. The second kappa shape index (κ2) is 11.6. The lowest BCUT2D eigenvalue weighted by atomic mass is 10.1. The molecular formula is C28H24IN3O2S. The Labute approximate surface area is 223 Å². The van der Waals surface area contributed by atoms with Gasteiger partial charge in [-0.2, -0.15) is 5.26 Å². The number of aliphatic imine (C=N–C) groups is 1. The molecule has 0 spiro atoms. The Hall–Kier alpha value is -3.09. The minimum absolute atomic E-state index is 0.00435. The molecule has 3 aromatic rings. The number of amides is 1. The molecule has 0 aliphatic carbocycles. The van der Waals surface area contributed by atoms with Crippen molar-refractivity contribution < 1.29 is 9.53 Å². The molecule has 1 fully saturated rings. The number of nitrogens with zero attached hydrogens (tertiary/aromatic N) is 3. The molecule has 0 bridgehead atoms. The van der Waals surface area contributed by atoms with Crippen LogP contribution in [-0.4, -0.2) is 17.7 Å². The minimum Gasteiger partial charge on any atom is -0.478 e. The molecule has 4 rings (SSSR count). The van der Waals surface area contributed by atoms with E-state index >= 15 is 0 Å². The molecular weight excluding hydrogens is 569 g/mol. The van der Waals surface area contributed by atoms with Crippen molar-refractivity contribution in [2.75, 3.05) is 11.5 Å². The van der Waals surface area contributed by atoms with E-state index in [4.69, 9.17) is 15.0 Å². The maximum absolute atomic E-state index is 13.6. The molecule has 1 heterocycles. The van der Waals surface area contributed by atoms with E-state index in [0.717, 1.165) is 33.4 Å². The van der Waals surface area contributed by atoms with Gasteiger partial charge in [0.05, 0.1) is 19.9 Å². The molecule has 35 heavy (non-hydrogen) atoms. The Morgan fingerprint density at radius 3 is 2.29 bits per heavy atom. The van der Waals surface area contributed by atoms with Crippen LogP contribution in [0.25, 0.3) is 6.08 Å². The van der Waals surface area contributed by atoms with Gasteiger partial charge in [0, 0.05) is 0 Å². The number of thioether (sulfide) groups is 1. The van der Waals surface area contributed by atoms with Crippen molar-refractivity contribution in [1.82, 2.24) is 0 Å². The van der Waals surface area contributed by atoms with E-state index < -0.39 is 0 Å². The van der Waals surface area contributed by atoms with Crippen LogP contribution >= 0.6 is 34.4 Å². The first-order valence-corrected chi connectivity index (χ1v) is 13.2. The summed E-state index contributed by atoms with van der Waals surface area (Å²) in [5.74, 6) is 0.540. The fourth-order valence-electron chi connectivity index (χ4n) is 3.56. The van der Waals surface area contributed by atoms with Crippen LogP contribution in [0, 0.1) is 14.9 Å². The maximum atomic E-state index is 13.6. The predicted octanol–water partition coefficient (Wildman–Crippen LogP) is 7.13. The van der Waals surface area contributed by atoms with Crippen LogP contribution in [-0.2, 0) is 17.6 Å². The van der Waals surface area contributed by atoms with Gasteiger partial charge in [-0.05, 0) is 106 Å². The zero-order valence-corrected chi connectivity index (χ0v) is 22.5. The van der Waals surface area contributed by atoms with Crippen LogP contribution in [0.15, 0.2) is 76.6 Å². The Balaban J connectivity index is 1.70. The number of hydrogen-bond donors (Lipinski definition) is 0. The number of halogens is 1.